The third-order valence-corrected chi connectivity index (χ3v) is 9.01. The minimum atomic E-state index is -3.81. The predicted molar refractivity (Wildman–Crippen MR) is 145 cm³/mol. The lowest BCUT2D eigenvalue weighted by atomic mass is 9.66. The first-order valence-corrected chi connectivity index (χ1v) is 13.8. The van der Waals surface area contributed by atoms with Crippen molar-refractivity contribution in [3.8, 4) is 0 Å². The van der Waals surface area contributed by atoms with Crippen molar-refractivity contribution in [3.63, 3.8) is 0 Å². The van der Waals surface area contributed by atoms with Crippen molar-refractivity contribution < 1.29 is 17.9 Å². The Hall–Kier alpha value is -3.29. The number of rotatable bonds is 10. The first-order valence-electron chi connectivity index (χ1n) is 12.3. The number of benzene rings is 4. The van der Waals surface area contributed by atoms with Gasteiger partial charge in [0.15, 0.2) is 0 Å². The van der Waals surface area contributed by atoms with E-state index in [0.717, 1.165) is 22.3 Å². The molecule has 1 heterocycles. The first kappa shape index (κ1) is 25.4. The Morgan fingerprint density at radius 3 is 1.62 bits per heavy atom. The number of sulfonamides is 1. The fourth-order valence-electron chi connectivity index (χ4n) is 5.43. The molecule has 5 rings (SSSR count). The molecule has 4 aromatic carbocycles. The smallest absolute Gasteiger partial charge is 0.243 e. The molecule has 1 unspecified atom stereocenters. The summed E-state index contributed by atoms with van der Waals surface area (Å²) in [6, 6.07) is 36.7. The predicted octanol–water partition coefficient (Wildman–Crippen LogP) is 5.39. The van der Waals surface area contributed by atoms with Crippen LogP contribution in [0.5, 0.6) is 0 Å². The van der Waals surface area contributed by atoms with Crippen molar-refractivity contribution >= 4 is 10.0 Å². The summed E-state index contributed by atoms with van der Waals surface area (Å²) >= 11 is 0. The maximum Gasteiger partial charge on any atom is 0.243 e. The van der Waals surface area contributed by atoms with Crippen LogP contribution in [-0.2, 0) is 24.9 Å². The lowest BCUT2D eigenvalue weighted by molar-refractivity contribution is -0.0312. The van der Waals surface area contributed by atoms with Gasteiger partial charge in [0, 0.05) is 7.11 Å². The molecular weight excluding hydrogens is 482 g/mol. The van der Waals surface area contributed by atoms with E-state index in [2.05, 4.69) is 36.4 Å². The minimum absolute atomic E-state index is 0.0939. The number of ether oxygens (including phenoxy) is 2. The van der Waals surface area contributed by atoms with E-state index in [4.69, 9.17) is 9.47 Å². The van der Waals surface area contributed by atoms with Crippen LogP contribution in [0.1, 0.15) is 22.3 Å². The molecule has 1 aliphatic heterocycles. The number of hydrogen-bond donors (Lipinski definition) is 0. The van der Waals surface area contributed by atoms with Crippen LogP contribution in [0, 0.1) is 6.92 Å². The van der Waals surface area contributed by atoms with Gasteiger partial charge in [-0.1, -0.05) is 109 Å². The number of aryl methyl sites for hydroxylation is 1. The largest absolute Gasteiger partial charge is 0.359 e. The Kier molecular flexibility index (Phi) is 7.26. The molecule has 0 aliphatic carbocycles. The summed E-state index contributed by atoms with van der Waals surface area (Å²) in [4.78, 5) is 0.278. The number of hydrogen-bond acceptors (Lipinski definition) is 4. The standard InChI is InChI=1S/C31H31NO4S/c1-24-18-20-28(21-19-24)37(33,34)32-29(22-36-23-35-2)30(32)31(25-12-6-3-7-13-25,26-14-8-4-9-15-26)27-16-10-5-11-17-27/h3-21,29-30H,22-23H2,1-2H3/t29-,30+,32?/m1/s1. The van der Waals surface area contributed by atoms with E-state index in [-0.39, 0.29) is 24.3 Å². The van der Waals surface area contributed by atoms with E-state index in [1.807, 2.05) is 73.7 Å². The van der Waals surface area contributed by atoms with Crippen molar-refractivity contribution in [1.82, 2.24) is 4.31 Å². The highest BCUT2D eigenvalue weighted by atomic mass is 32.2. The van der Waals surface area contributed by atoms with Crippen LogP contribution in [0.25, 0.3) is 0 Å². The third kappa shape index (κ3) is 4.62. The second-order valence-electron chi connectivity index (χ2n) is 9.34. The highest BCUT2D eigenvalue weighted by molar-refractivity contribution is 7.89. The summed E-state index contributed by atoms with van der Waals surface area (Å²) in [5.41, 5.74) is 3.32. The average Bonchev–Trinajstić information content (AvgIpc) is 3.67. The van der Waals surface area contributed by atoms with E-state index >= 15 is 0 Å². The molecule has 1 saturated heterocycles. The summed E-state index contributed by atoms with van der Waals surface area (Å²) in [6.45, 7) is 2.26. The van der Waals surface area contributed by atoms with Crippen LogP contribution in [0.2, 0.25) is 0 Å². The molecule has 4 aromatic rings. The van der Waals surface area contributed by atoms with E-state index in [9.17, 15) is 8.42 Å². The van der Waals surface area contributed by atoms with Crippen molar-refractivity contribution in [2.24, 2.45) is 0 Å². The van der Waals surface area contributed by atoms with Crippen LogP contribution >= 0.6 is 0 Å². The Morgan fingerprint density at radius 2 is 1.19 bits per heavy atom. The molecule has 5 nitrogen and oxygen atoms in total. The summed E-state index contributed by atoms with van der Waals surface area (Å²) < 4.78 is 40.8. The maximum atomic E-state index is 14.1. The first-order chi connectivity index (χ1) is 18.0. The SMILES string of the molecule is COCOC[C@@H]1[C@@H](C(c2ccccc2)(c2ccccc2)c2ccccc2)N1S(=O)(=O)c1ccc(C)cc1. The van der Waals surface area contributed by atoms with Crippen molar-refractivity contribution in [2.75, 3.05) is 20.5 Å². The Labute approximate surface area is 219 Å². The monoisotopic (exact) mass is 513 g/mol. The van der Waals surface area contributed by atoms with Gasteiger partial charge in [0.2, 0.25) is 10.0 Å². The highest BCUT2D eigenvalue weighted by Crippen LogP contribution is 2.54. The van der Waals surface area contributed by atoms with E-state index < -0.39 is 21.5 Å². The fraction of sp³-hybridized carbons (Fsp3) is 0.226. The van der Waals surface area contributed by atoms with Gasteiger partial charge in [0.25, 0.3) is 0 Å². The quantitative estimate of drug-likeness (QED) is 0.123. The number of nitrogens with zero attached hydrogens (tertiary/aromatic N) is 1. The topological polar surface area (TPSA) is 55.6 Å². The van der Waals surface area contributed by atoms with Crippen LogP contribution in [0.15, 0.2) is 120 Å². The minimum Gasteiger partial charge on any atom is -0.359 e. The van der Waals surface area contributed by atoms with Crippen LogP contribution in [0.3, 0.4) is 0 Å². The Bertz CT molecular complexity index is 1310. The van der Waals surface area contributed by atoms with Crippen molar-refractivity contribution in [3.05, 3.63) is 138 Å². The molecule has 0 saturated carbocycles. The summed E-state index contributed by atoms with van der Waals surface area (Å²) in [5.74, 6) is 0. The second-order valence-corrected chi connectivity index (χ2v) is 11.2. The van der Waals surface area contributed by atoms with Gasteiger partial charge in [-0.2, -0.15) is 4.31 Å². The maximum absolute atomic E-state index is 14.1. The van der Waals surface area contributed by atoms with Gasteiger partial charge < -0.3 is 9.47 Å². The van der Waals surface area contributed by atoms with Gasteiger partial charge in [0.1, 0.15) is 6.79 Å². The fourth-order valence-corrected chi connectivity index (χ4v) is 7.23. The molecule has 0 radical (unpaired) electrons. The number of methoxy groups -OCH3 is 1. The van der Waals surface area contributed by atoms with Crippen molar-refractivity contribution in [1.29, 1.82) is 0 Å². The zero-order valence-corrected chi connectivity index (χ0v) is 21.8. The lowest BCUT2D eigenvalue weighted by Crippen LogP contribution is -2.39. The van der Waals surface area contributed by atoms with Crippen LogP contribution in [-0.4, -0.2) is 45.3 Å². The van der Waals surface area contributed by atoms with E-state index in [0.29, 0.717) is 0 Å². The van der Waals surface area contributed by atoms with E-state index in [1.165, 1.54) is 0 Å². The zero-order chi connectivity index (χ0) is 25.9. The summed E-state index contributed by atoms with van der Waals surface area (Å²) in [7, 11) is -2.25. The molecule has 0 aromatic heterocycles. The van der Waals surface area contributed by atoms with Crippen LogP contribution < -0.4 is 0 Å². The van der Waals surface area contributed by atoms with Gasteiger partial charge in [-0.15, -0.1) is 0 Å². The summed E-state index contributed by atoms with van der Waals surface area (Å²) in [6.07, 6.45) is 0. The summed E-state index contributed by atoms with van der Waals surface area (Å²) in [5, 5.41) is 0. The van der Waals surface area contributed by atoms with Crippen molar-refractivity contribution in [2.45, 2.75) is 29.3 Å². The zero-order valence-electron chi connectivity index (χ0n) is 21.0. The molecule has 3 atom stereocenters. The lowest BCUT2D eigenvalue weighted by Gasteiger charge is -2.36. The molecule has 37 heavy (non-hydrogen) atoms. The molecule has 6 heteroatoms. The molecule has 0 spiro atoms. The van der Waals surface area contributed by atoms with Gasteiger partial charge in [-0.05, 0) is 35.7 Å². The molecule has 0 amide bonds. The highest BCUT2D eigenvalue weighted by Gasteiger charge is 2.66. The Morgan fingerprint density at radius 1 is 0.730 bits per heavy atom. The molecule has 1 fully saturated rings. The van der Waals surface area contributed by atoms with Gasteiger partial charge in [-0.25, -0.2) is 8.42 Å². The molecule has 0 N–H and O–H groups in total. The molecule has 190 valence electrons. The molecule has 0 bridgehead atoms. The normalized spacial score (nSPS) is 19.5. The van der Waals surface area contributed by atoms with Gasteiger partial charge in [0.05, 0.1) is 29.0 Å². The second kappa shape index (κ2) is 10.6. The third-order valence-electron chi connectivity index (χ3n) is 7.09. The molecular formula is C31H31NO4S. The van der Waals surface area contributed by atoms with Gasteiger partial charge >= 0.3 is 0 Å². The Balaban J connectivity index is 1.74. The average molecular weight is 514 g/mol. The van der Waals surface area contributed by atoms with E-state index in [1.54, 1.807) is 23.5 Å². The van der Waals surface area contributed by atoms with Crippen LogP contribution in [0.4, 0.5) is 0 Å². The molecule has 1 aliphatic rings. The van der Waals surface area contributed by atoms with Gasteiger partial charge in [-0.3, -0.25) is 0 Å².